The van der Waals surface area contributed by atoms with Gasteiger partial charge in [-0.05, 0) is 49.2 Å². The van der Waals surface area contributed by atoms with E-state index < -0.39 is 15.9 Å². The van der Waals surface area contributed by atoms with Crippen LogP contribution in [-0.4, -0.2) is 46.8 Å². The molecule has 2 heterocycles. The number of sulfonamides is 1. The van der Waals surface area contributed by atoms with Crippen molar-refractivity contribution in [2.45, 2.75) is 17.7 Å². The van der Waals surface area contributed by atoms with E-state index in [4.69, 9.17) is 4.74 Å². The first kappa shape index (κ1) is 20.8. The lowest BCUT2D eigenvalue weighted by Crippen LogP contribution is -2.28. The van der Waals surface area contributed by atoms with Crippen LogP contribution in [0, 0.1) is 0 Å². The third-order valence-electron chi connectivity index (χ3n) is 4.78. The Kier molecular flexibility index (Phi) is 5.83. The van der Waals surface area contributed by atoms with Gasteiger partial charge in [-0.15, -0.1) is 0 Å². The highest BCUT2D eigenvalue weighted by Crippen LogP contribution is 2.30. The smallest absolute Gasteiger partial charge is 0.255 e. The van der Waals surface area contributed by atoms with Gasteiger partial charge in [0.2, 0.25) is 15.9 Å². The Bertz CT molecular complexity index is 1200. The summed E-state index contributed by atoms with van der Waals surface area (Å²) in [5, 5.41) is 12.7. The van der Waals surface area contributed by atoms with Crippen LogP contribution in [-0.2, 0) is 10.0 Å². The second-order valence-corrected chi connectivity index (χ2v) is 8.86. The maximum atomic E-state index is 12.8. The predicted molar refractivity (Wildman–Crippen MR) is 113 cm³/mol. The summed E-state index contributed by atoms with van der Waals surface area (Å²) in [6, 6.07) is 10.2. The molecule has 0 spiro atoms. The molecule has 1 aliphatic rings. The van der Waals surface area contributed by atoms with E-state index in [0.29, 0.717) is 18.8 Å². The van der Waals surface area contributed by atoms with Crippen molar-refractivity contribution < 1.29 is 23.1 Å². The summed E-state index contributed by atoms with van der Waals surface area (Å²) >= 11 is 0. The number of rotatable bonds is 6. The summed E-state index contributed by atoms with van der Waals surface area (Å²) in [6.45, 7) is 0.924. The average Bonchev–Trinajstić information content (AvgIpc) is 3.32. The van der Waals surface area contributed by atoms with Crippen LogP contribution in [0.3, 0.4) is 0 Å². The van der Waals surface area contributed by atoms with E-state index in [2.05, 4.69) is 15.3 Å². The highest BCUT2D eigenvalue weighted by Gasteiger charge is 2.28. The Hall–Kier alpha value is -3.50. The molecule has 0 atom stereocenters. The first-order valence-corrected chi connectivity index (χ1v) is 11.1. The molecule has 1 saturated heterocycles. The van der Waals surface area contributed by atoms with E-state index >= 15 is 0 Å². The average molecular weight is 440 g/mol. The Balaban J connectivity index is 1.54. The first-order valence-electron chi connectivity index (χ1n) is 9.62. The first-order chi connectivity index (χ1) is 14.9. The van der Waals surface area contributed by atoms with Gasteiger partial charge in [-0.2, -0.15) is 4.31 Å². The number of nitrogens with one attached hydrogen (secondary N) is 1. The molecule has 4 rings (SSSR count). The molecule has 31 heavy (non-hydrogen) atoms. The highest BCUT2D eigenvalue weighted by molar-refractivity contribution is 7.89. The normalized spacial score (nSPS) is 14.3. The van der Waals surface area contributed by atoms with Crippen LogP contribution in [0.5, 0.6) is 17.4 Å². The number of anilines is 1. The van der Waals surface area contributed by atoms with Crippen molar-refractivity contribution in [1.29, 1.82) is 0 Å². The zero-order chi connectivity index (χ0) is 21.8. The number of phenolic OH excluding ortho intramolecular Hbond substituents is 1. The van der Waals surface area contributed by atoms with E-state index in [0.717, 1.165) is 12.8 Å². The van der Waals surface area contributed by atoms with Crippen molar-refractivity contribution in [2.75, 3.05) is 18.4 Å². The number of hydrogen-bond acceptors (Lipinski definition) is 7. The van der Waals surface area contributed by atoms with Crippen LogP contribution >= 0.6 is 0 Å². The number of hydrogen-bond donors (Lipinski definition) is 2. The zero-order valence-electron chi connectivity index (χ0n) is 16.4. The fourth-order valence-electron chi connectivity index (χ4n) is 3.21. The molecule has 9 nitrogen and oxygen atoms in total. The van der Waals surface area contributed by atoms with Crippen LogP contribution in [0.25, 0.3) is 0 Å². The lowest BCUT2D eigenvalue weighted by Gasteiger charge is -2.17. The monoisotopic (exact) mass is 440 g/mol. The van der Waals surface area contributed by atoms with Gasteiger partial charge in [-0.25, -0.2) is 13.4 Å². The molecular weight excluding hydrogens is 420 g/mol. The lowest BCUT2D eigenvalue weighted by atomic mass is 10.2. The third-order valence-corrected chi connectivity index (χ3v) is 6.67. The van der Waals surface area contributed by atoms with Crippen LogP contribution in [0.4, 0.5) is 5.69 Å². The number of carbonyl (C=O) groups excluding carboxylic acids is 1. The molecule has 2 N–H and O–H groups in total. The molecule has 2 aromatic carbocycles. The van der Waals surface area contributed by atoms with Crippen LogP contribution in [0.2, 0.25) is 0 Å². The maximum Gasteiger partial charge on any atom is 0.255 e. The molecule has 0 bridgehead atoms. The van der Waals surface area contributed by atoms with Gasteiger partial charge < -0.3 is 15.2 Å². The summed E-state index contributed by atoms with van der Waals surface area (Å²) < 4.78 is 32.5. The number of benzene rings is 2. The van der Waals surface area contributed by atoms with E-state index in [9.17, 15) is 18.3 Å². The second kappa shape index (κ2) is 8.70. The highest BCUT2D eigenvalue weighted by atomic mass is 32.2. The summed E-state index contributed by atoms with van der Waals surface area (Å²) in [5.41, 5.74) is 0.263. The van der Waals surface area contributed by atoms with Crippen molar-refractivity contribution >= 4 is 21.6 Å². The number of ether oxygens (including phenoxy) is 1. The van der Waals surface area contributed by atoms with Crippen molar-refractivity contribution in [3.05, 3.63) is 66.6 Å². The standard InChI is InChI=1S/C21H20N4O5S/c26-19-7-6-17(31(28,29)25-10-1-2-11-25)13-18(19)24-21(27)15-4-3-5-16(12-15)30-20-14-22-8-9-23-20/h3-9,12-14,26H,1-2,10-11H2,(H,24,27). The fraction of sp³-hybridized carbons (Fsp3) is 0.190. The summed E-state index contributed by atoms with van der Waals surface area (Å²) in [7, 11) is -3.68. The fourth-order valence-corrected chi connectivity index (χ4v) is 4.75. The third kappa shape index (κ3) is 4.65. The van der Waals surface area contributed by atoms with Gasteiger partial charge in [0.25, 0.3) is 5.91 Å². The Morgan fingerprint density at radius 1 is 1.10 bits per heavy atom. The van der Waals surface area contributed by atoms with Crippen molar-refractivity contribution in [3.8, 4) is 17.4 Å². The van der Waals surface area contributed by atoms with Gasteiger partial charge in [0, 0.05) is 31.0 Å². The van der Waals surface area contributed by atoms with Crippen molar-refractivity contribution in [3.63, 3.8) is 0 Å². The number of nitrogens with zero attached hydrogens (tertiary/aromatic N) is 3. The number of carbonyl (C=O) groups is 1. The lowest BCUT2D eigenvalue weighted by molar-refractivity contribution is 0.102. The van der Waals surface area contributed by atoms with Crippen LogP contribution in [0.15, 0.2) is 66.0 Å². The molecule has 10 heteroatoms. The molecule has 0 aliphatic carbocycles. The van der Waals surface area contributed by atoms with Gasteiger partial charge in [0.1, 0.15) is 11.5 Å². The second-order valence-electron chi connectivity index (χ2n) is 6.92. The topological polar surface area (TPSA) is 122 Å². The number of aromatic hydroxyl groups is 1. The number of phenols is 1. The van der Waals surface area contributed by atoms with E-state index in [1.54, 1.807) is 18.2 Å². The molecule has 0 radical (unpaired) electrons. The molecule has 0 saturated carbocycles. The van der Waals surface area contributed by atoms with Crippen molar-refractivity contribution in [2.24, 2.45) is 0 Å². The molecular formula is C21H20N4O5S. The van der Waals surface area contributed by atoms with Crippen molar-refractivity contribution in [1.82, 2.24) is 14.3 Å². The Morgan fingerprint density at radius 2 is 1.90 bits per heavy atom. The quantitative estimate of drug-likeness (QED) is 0.565. The minimum atomic E-state index is -3.68. The predicted octanol–water partition coefficient (Wildman–Crippen LogP) is 3.01. The molecule has 1 amide bonds. The Labute approximate surface area is 179 Å². The van der Waals surface area contributed by atoms with Gasteiger partial charge in [0.05, 0.1) is 16.8 Å². The minimum Gasteiger partial charge on any atom is -0.506 e. The molecule has 3 aromatic rings. The molecule has 1 aromatic heterocycles. The molecule has 0 unspecified atom stereocenters. The van der Waals surface area contributed by atoms with E-state index in [-0.39, 0.29) is 27.8 Å². The molecule has 160 valence electrons. The van der Waals surface area contributed by atoms with Gasteiger partial charge in [0.15, 0.2) is 0 Å². The maximum absolute atomic E-state index is 12.8. The van der Waals surface area contributed by atoms with E-state index in [1.807, 2.05) is 0 Å². The summed E-state index contributed by atoms with van der Waals surface area (Å²) in [6.07, 6.45) is 6.07. The number of amides is 1. The molecule has 1 aliphatic heterocycles. The summed E-state index contributed by atoms with van der Waals surface area (Å²) in [5.74, 6) is -0.114. The minimum absolute atomic E-state index is 0.00511. The van der Waals surface area contributed by atoms with Crippen LogP contribution in [0.1, 0.15) is 23.2 Å². The van der Waals surface area contributed by atoms with Gasteiger partial charge >= 0.3 is 0 Å². The Morgan fingerprint density at radius 3 is 2.65 bits per heavy atom. The zero-order valence-corrected chi connectivity index (χ0v) is 17.2. The van der Waals surface area contributed by atoms with Crippen LogP contribution < -0.4 is 10.1 Å². The molecule has 1 fully saturated rings. The van der Waals surface area contributed by atoms with Gasteiger partial charge in [-0.1, -0.05) is 6.07 Å². The SMILES string of the molecule is O=C(Nc1cc(S(=O)(=O)N2CCCC2)ccc1O)c1cccc(Oc2cnccn2)c1. The van der Waals surface area contributed by atoms with E-state index in [1.165, 1.54) is 47.2 Å². The number of aromatic nitrogens is 2. The summed E-state index contributed by atoms with van der Waals surface area (Å²) in [4.78, 5) is 20.7. The van der Waals surface area contributed by atoms with Gasteiger partial charge in [-0.3, -0.25) is 9.78 Å². The largest absolute Gasteiger partial charge is 0.506 e.